The molecular formula is C13H8F3N5O. The Kier molecular flexibility index (Phi) is 3.24. The lowest BCUT2D eigenvalue weighted by atomic mass is 10.1. The summed E-state index contributed by atoms with van der Waals surface area (Å²) in [5, 5.41) is 3.83. The summed E-state index contributed by atoms with van der Waals surface area (Å²) in [4.78, 5) is 21.9. The molecular weight excluding hydrogens is 299 g/mol. The Hall–Kier alpha value is -2.97. The van der Waals surface area contributed by atoms with Crippen LogP contribution in [-0.4, -0.2) is 26.6 Å². The lowest BCUT2D eigenvalue weighted by molar-refractivity contribution is -0.140. The number of hydrogen-bond donors (Lipinski definition) is 2. The molecule has 0 saturated carbocycles. The minimum atomic E-state index is -4.48. The van der Waals surface area contributed by atoms with Gasteiger partial charge < -0.3 is 4.98 Å². The van der Waals surface area contributed by atoms with Gasteiger partial charge in [-0.05, 0) is 18.2 Å². The molecule has 1 aliphatic rings. The zero-order valence-electron chi connectivity index (χ0n) is 10.8. The van der Waals surface area contributed by atoms with E-state index in [4.69, 9.17) is 0 Å². The molecule has 0 unspecified atom stereocenters. The molecule has 2 aromatic rings. The monoisotopic (exact) mass is 307 g/mol. The van der Waals surface area contributed by atoms with E-state index in [0.717, 1.165) is 6.07 Å². The second kappa shape index (κ2) is 5.10. The summed E-state index contributed by atoms with van der Waals surface area (Å²) < 4.78 is 37.7. The molecule has 6 nitrogen and oxygen atoms in total. The van der Waals surface area contributed by atoms with Crippen LogP contribution in [0, 0.1) is 0 Å². The molecule has 22 heavy (non-hydrogen) atoms. The van der Waals surface area contributed by atoms with Gasteiger partial charge in [0.15, 0.2) is 0 Å². The summed E-state index contributed by atoms with van der Waals surface area (Å²) in [7, 11) is 0. The number of rotatable bonds is 2. The van der Waals surface area contributed by atoms with Crippen LogP contribution in [0.1, 0.15) is 17.1 Å². The number of alkyl halides is 3. The van der Waals surface area contributed by atoms with Crippen molar-refractivity contribution in [3.05, 3.63) is 53.4 Å². The standard InChI is InChI=1S/C13H8F3N5O/c14-13(15,16)10-2-1-7(19-10)5-8-11(20-21-12(8)22)9-6-17-3-4-18-9/h1-6,19H,(H,21,22)/b8-5-. The van der Waals surface area contributed by atoms with Crippen LogP contribution in [-0.2, 0) is 11.0 Å². The fourth-order valence-electron chi connectivity index (χ4n) is 1.90. The number of hydrazone groups is 1. The van der Waals surface area contributed by atoms with Crippen LogP contribution in [0.4, 0.5) is 13.2 Å². The molecule has 0 fully saturated rings. The highest BCUT2D eigenvalue weighted by molar-refractivity contribution is 6.32. The Morgan fingerprint density at radius 3 is 2.64 bits per heavy atom. The topological polar surface area (TPSA) is 83.0 Å². The Balaban J connectivity index is 1.97. The lowest BCUT2D eigenvalue weighted by Crippen LogP contribution is -2.14. The van der Waals surface area contributed by atoms with Crippen molar-refractivity contribution >= 4 is 17.7 Å². The Morgan fingerprint density at radius 1 is 1.18 bits per heavy atom. The molecule has 9 heteroatoms. The maximum Gasteiger partial charge on any atom is 0.431 e. The van der Waals surface area contributed by atoms with Gasteiger partial charge in [-0.2, -0.15) is 18.3 Å². The van der Waals surface area contributed by atoms with Crippen LogP contribution in [0.3, 0.4) is 0 Å². The van der Waals surface area contributed by atoms with Crippen molar-refractivity contribution in [1.29, 1.82) is 0 Å². The van der Waals surface area contributed by atoms with E-state index >= 15 is 0 Å². The van der Waals surface area contributed by atoms with E-state index in [-0.39, 0.29) is 17.0 Å². The van der Waals surface area contributed by atoms with Gasteiger partial charge in [0.05, 0.1) is 11.8 Å². The molecule has 0 spiro atoms. The number of halogens is 3. The fraction of sp³-hybridized carbons (Fsp3) is 0.0769. The van der Waals surface area contributed by atoms with Gasteiger partial charge in [-0.1, -0.05) is 0 Å². The first-order valence-electron chi connectivity index (χ1n) is 6.08. The van der Waals surface area contributed by atoms with E-state index in [1.54, 1.807) is 0 Å². The Labute approximate surface area is 121 Å². The predicted molar refractivity (Wildman–Crippen MR) is 70.5 cm³/mol. The molecule has 0 saturated heterocycles. The minimum absolute atomic E-state index is 0.107. The van der Waals surface area contributed by atoms with E-state index in [2.05, 4.69) is 25.5 Å². The maximum atomic E-state index is 12.6. The molecule has 0 aromatic carbocycles. The molecule has 0 radical (unpaired) electrons. The first kappa shape index (κ1) is 14.0. The summed E-state index contributed by atoms with van der Waals surface area (Å²) >= 11 is 0. The largest absolute Gasteiger partial charge is 0.431 e. The number of amides is 1. The number of nitrogens with zero attached hydrogens (tertiary/aromatic N) is 3. The van der Waals surface area contributed by atoms with Crippen LogP contribution < -0.4 is 5.43 Å². The van der Waals surface area contributed by atoms with E-state index < -0.39 is 17.8 Å². The van der Waals surface area contributed by atoms with Crippen LogP contribution in [0.5, 0.6) is 0 Å². The van der Waals surface area contributed by atoms with Crippen molar-refractivity contribution in [2.75, 3.05) is 0 Å². The first-order chi connectivity index (χ1) is 10.4. The van der Waals surface area contributed by atoms with E-state index in [1.165, 1.54) is 30.7 Å². The van der Waals surface area contributed by atoms with Crippen molar-refractivity contribution in [2.24, 2.45) is 5.10 Å². The van der Waals surface area contributed by atoms with E-state index in [9.17, 15) is 18.0 Å². The SMILES string of the molecule is O=C1NN=C(c2cnccn2)/C1=C/c1ccc(C(F)(F)F)[nH]1. The van der Waals surface area contributed by atoms with Crippen molar-refractivity contribution in [3.8, 4) is 0 Å². The number of aromatic amines is 1. The Morgan fingerprint density at radius 2 is 2.00 bits per heavy atom. The lowest BCUT2D eigenvalue weighted by Gasteiger charge is -2.02. The highest BCUT2D eigenvalue weighted by Gasteiger charge is 2.32. The smallest absolute Gasteiger partial charge is 0.351 e. The second-order valence-corrected chi connectivity index (χ2v) is 4.38. The van der Waals surface area contributed by atoms with Gasteiger partial charge in [0, 0.05) is 18.1 Å². The third-order valence-electron chi connectivity index (χ3n) is 2.89. The minimum Gasteiger partial charge on any atom is -0.351 e. The zero-order chi connectivity index (χ0) is 15.7. The van der Waals surface area contributed by atoms with Crippen molar-refractivity contribution < 1.29 is 18.0 Å². The quantitative estimate of drug-likeness (QED) is 0.829. The van der Waals surface area contributed by atoms with Crippen molar-refractivity contribution in [2.45, 2.75) is 6.18 Å². The van der Waals surface area contributed by atoms with Crippen molar-refractivity contribution in [3.63, 3.8) is 0 Å². The number of carbonyl (C=O) groups excluding carboxylic acids is 1. The number of hydrogen-bond acceptors (Lipinski definition) is 4. The Bertz CT molecular complexity index is 776. The highest BCUT2D eigenvalue weighted by Crippen LogP contribution is 2.28. The van der Waals surface area contributed by atoms with Crippen LogP contribution in [0.15, 0.2) is 41.4 Å². The molecule has 3 rings (SSSR count). The molecule has 112 valence electrons. The molecule has 0 aliphatic carbocycles. The summed E-state index contributed by atoms with van der Waals surface area (Å²) in [5.74, 6) is -0.524. The third kappa shape index (κ3) is 2.60. The number of nitrogens with one attached hydrogen (secondary N) is 2. The average Bonchev–Trinajstić information content (AvgIpc) is 3.08. The zero-order valence-corrected chi connectivity index (χ0v) is 10.8. The summed E-state index contributed by atoms with van der Waals surface area (Å²) in [5.41, 5.74) is 2.17. The molecule has 1 amide bonds. The molecule has 2 N–H and O–H groups in total. The van der Waals surface area contributed by atoms with Crippen LogP contribution in [0.25, 0.3) is 6.08 Å². The van der Waals surface area contributed by atoms with Gasteiger partial charge >= 0.3 is 6.18 Å². The van der Waals surface area contributed by atoms with Crippen LogP contribution in [0.2, 0.25) is 0 Å². The van der Waals surface area contributed by atoms with Gasteiger partial charge in [-0.15, -0.1) is 0 Å². The van der Waals surface area contributed by atoms with Gasteiger partial charge in [0.2, 0.25) is 0 Å². The molecule has 0 bridgehead atoms. The fourth-order valence-corrected chi connectivity index (χ4v) is 1.90. The number of aromatic nitrogens is 3. The maximum absolute atomic E-state index is 12.6. The summed E-state index contributed by atoms with van der Waals surface area (Å²) in [6.45, 7) is 0. The summed E-state index contributed by atoms with van der Waals surface area (Å²) in [6, 6.07) is 2.13. The van der Waals surface area contributed by atoms with Crippen molar-refractivity contribution in [1.82, 2.24) is 20.4 Å². The molecule has 3 heterocycles. The normalized spacial score (nSPS) is 16.8. The van der Waals surface area contributed by atoms with E-state index in [1.807, 2.05) is 0 Å². The van der Waals surface area contributed by atoms with E-state index in [0.29, 0.717) is 5.69 Å². The number of H-pyrrole nitrogens is 1. The van der Waals surface area contributed by atoms with Gasteiger partial charge in [-0.25, -0.2) is 5.43 Å². The third-order valence-corrected chi connectivity index (χ3v) is 2.89. The molecule has 1 aliphatic heterocycles. The first-order valence-corrected chi connectivity index (χ1v) is 6.08. The summed E-state index contributed by atoms with van der Waals surface area (Å²) in [6.07, 6.45) is 1.09. The second-order valence-electron chi connectivity index (χ2n) is 4.38. The molecule has 0 atom stereocenters. The average molecular weight is 307 g/mol. The highest BCUT2D eigenvalue weighted by atomic mass is 19.4. The molecule has 2 aromatic heterocycles. The van der Waals surface area contributed by atoms with Gasteiger partial charge in [0.25, 0.3) is 5.91 Å². The predicted octanol–water partition coefficient (Wildman–Crippen LogP) is 1.74. The van der Waals surface area contributed by atoms with Crippen LogP contribution >= 0.6 is 0 Å². The van der Waals surface area contributed by atoms with Gasteiger partial charge in [0.1, 0.15) is 17.1 Å². The van der Waals surface area contributed by atoms with Gasteiger partial charge in [-0.3, -0.25) is 14.8 Å². The number of carbonyl (C=O) groups is 1.